The van der Waals surface area contributed by atoms with Crippen molar-refractivity contribution in [3.63, 3.8) is 0 Å². The lowest BCUT2D eigenvalue weighted by Crippen LogP contribution is -2.45. The third-order valence-electron chi connectivity index (χ3n) is 11.7. The second-order valence-electron chi connectivity index (χ2n) is 17.2. The Morgan fingerprint density at radius 1 is 0.565 bits per heavy atom. The highest BCUT2D eigenvalue weighted by atomic mass is 16.7. The van der Waals surface area contributed by atoms with Crippen LogP contribution in [0.25, 0.3) is 0 Å². The van der Waals surface area contributed by atoms with E-state index in [1.165, 1.54) is 25.7 Å². The molecule has 0 saturated carbocycles. The Kier molecular flexibility index (Phi) is 34.3. The Hall–Kier alpha value is -2.95. The number of nitrogens with zero attached hydrogens (tertiary/aromatic N) is 1. The van der Waals surface area contributed by atoms with E-state index < -0.39 is 24.3 Å². The van der Waals surface area contributed by atoms with Crippen molar-refractivity contribution < 1.29 is 42.8 Å². The molecular weight excluding hydrogens is 783 g/mol. The van der Waals surface area contributed by atoms with E-state index in [0.29, 0.717) is 38.1 Å². The Morgan fingerprint density at radius 3 is 1.63 bits per heavy atom. The third kappa shape index (κ3) is 28.7. The SMILES string of the molecule is CC/C=C\CCCCOC(CCC(=O)OCC(COC(=O)CCCCCCC/C=C\C/C=C\CCCCC)COC(=O)O[C@@H]1C[C@H]2CC[C@@H](C1)N2CC)OCCCC/C=C\CC. The Bertz CT molecular complexity index is 1210. The van der Waals surface area contributed by atoms with Gasteiger partial charge in [-0.15, -0.1) is 0 Å². The minimum absolute atomic E-state index is 0.0194. The van der Waals surface area contributed by atoms with Gasteiger partial charge in [-0.25, -0.2) is 4.79 Å². The molecule has 0 aromatic carbocycles. The van der Waals surface area contributed by atoms with Crippen molar-refractivity contribution in [1.29, 1.82) is 0 Å². The van der Waals surface area contributed by atoms with Gasteiger partial charge in [0, 0.05) is 51.0 Å². The summed E-state index contributed by atoms with van der Waals surface area (Å²) in [6.07, 6.45) is 41.4. The van der Waals surface area contributed by atoms with Crippen LogP contribution >= 0.6 is 0 Å². The lowest BCUT2D eigenvalue weighted by Gasteiger charge is -2.37. The fourth-order valence-electron chi connectivity index (χ4n) is 8.16. The molecule has 2 bridgehead atoms. The minimum atomic E-state index is -0.730. The van der Waals surface area contributed by atoms with Crippen LogP contribution in [0.3, 0.4) is 0 Å². The van der Waals surface area contributed by atoms with Crippen molar-refractivity contribution in [2.45, 2.75) is 219 Å². The van der Waals surface area contributed by atoms with Crippen LogP contribution in [0.1, 0.15) is 195 Å². The van der Waals surface area contributed by atoms with Gasteiger partial charge in [0.15, 0.2) is 6.29 Å². The monoisotopic (exact) mass is 872 g/mol. The molecule has 356 valence electrons. The molecule has 1 unspecified atom stereocenters. The number of hydrogen-bond donors (Lipinski definition) is 0. The van der Waals surface area contributed by atoms with Crippen molar-refractivity contribution in [3.05, 3.63) is 48.6 Å². The average molecular weight is 872 g/mol. The number of carbonyl (C=O) groups excluding carboxylic acids is 3. The summed E-state index contributed by atoms with van der Waals surface area (Å²) < 4.78 is 34.8. The molecule has 4 atom stereocenters. The van der Waals surface area contributed by atoms with Gasteiger partial charge < -0.3 is 28.4 Å². The molecule has 0 aromatic heterocycles. The number of unbranched alkanes of at least 4 members (excludes halogenated alkanes) is 12. The topological polar surface area (TPSA) is 110 Å². The highest BCUT2D eigenvalue weighted by molar-refractivity contribution is 5.69. The number of rotatable bonds is 39. The maximum absolute atomic E-state index is 13.0. The summed E-state index contributed by atoms with van der Waals surface area (Å²) in [6, 6.07) is 0.887. The van der Waals surface area contributed by atoms with Gasteiger partial charge in [-0.05, 0) is 109 Å². The highest BCUT2D eigenvalue weighted by Gasteiger charge is 2.41. The molecule has 2 heterocycles. The van der Waals surface area contributed by atoms with Gasteiger partial charge in [-0.1, -0.05) is 108 Å². The van der Waals surface area contributed by atoms with E-state index in [1.54, 1.807) is 0 Å². The van der Waals surface area contributed by atoms with Crippen molar-refractivity contribution in [1.82, 2.24) is 4.90 Å². The maximum Gasteiger partial charge on any atom is 0.508 e. The molecule has 10 heteroatoms. The summed E-state index contributed by atoms with van der Waals surface area (Å²) in [4.78, 5) is 41.2. The van der Waals surface area contributed by atoms with Crippen molar-refractivity contribution >= 4 is 18.1 Å². The number of hydrogen-bond acceptors (Lipinski definition) is 10. The number of carbonyl (C=O) groups is 3. The smallest absolute Gasteiger partial charge is 0.465 e. The van der Waals surface area contributed by atoms with E-state index >= 15 is 0 Å². The van der Waals surface area contributed by atoms with E-state index in [9.17, 15) is 14.4 Å². The molecule has 2 aliphatic rings. The Labute approximate surface area is 378 Å². The number of fused-ring (bicyclic) bond motifs is 2. The number of allylic oxidation sites excluding steroid dienone is 8. The molecule has 0 spiro atoms. The van der Waals surface area contributed by atoms with Gasteiger partial charge in [-0.3, -0.25) is 14.5 Å². The number of esters is 2. The van der Waals surface area contributed by atoms with E-state index in [1.807, 2.05) is 0 Å². The number of piperidine rings is 1. The first-order valence-electron chi connectivity index (χ1n) is 25.1. The van der Waals surface area contributed by atoms with E-state index in [2.05, 4.69) is 81.2 Å². The first-order valence-corrected chi connectivity index (χ1v) is 25.1. The molecule has 10 nitrogen and oxygen atoms in total. The molecule has 2 saturated heterocycles. The summed E-state index contributed by atoms with van der Waals surface area (Å²) >= 11 is 0. The van der Waals surface area contributed by atoms with Crippen LogP contribution in [0, 0.1) is 5.92 Å². The van der Waals surface area contributed by atoms with Gasteiger partial charge in [0.2, 0.25) is 0 Å². The van der Waals surface area contributed by atoms with E-state index in [4.69, 9.17) is 28.4 Å². The summed E-state index contributed by atoms with van der Waals surface area (Å²) in [7, 11) is 0. The molecule has 0 radical (unpaired) electrons. The van der Waals surface area contributed by atoms with Gasteiger partial charge in [0.1, 0.15) is 25.9 Å². The first kappa shape index (κ1) is 55.2. The Morgan fingerprint density at radius 2 is 1.06 bits per heavy atom. The van der Waals surface area contributed by atoms with Gasteiger partial charge in [0.25, 0.3) is 0 Å². The molecule has 0 aromatic rings. The van der Waals surface area contributed by atoms with Crippen LogP contribution in [0.15, 0.2) is 48.6 Å². The predicted molar refractivity (Wildman–Crippen MR) is 251 cm³/mol. The quantitative estimate of drug-likeness (QED) is 0.0195. The summed E-state index contributed by atoms with van der Waals surface area (Å²) in [5.74, 6) is -1.23. The molecule has 62 heavy (non-hydrogen) atoms. The van der Waals surface area contributed by atoms with Crippen molar-refractivity contribution in [2.75, 3.05) is 39.6 Å². The fourth-order valence-corrected chi connectivity index (χ4v) is 8.16. The standard InChI is InChI=1S/C52H89NO9/c1-5-9-12-15-18-19-20-21-22-23-24-25-26-27-30-33-49(54)59-42-45(44-61-52(56)62-48-40-46-34-35-47(41-48)53(46)8-4)43-60-50(55)36-37-51(57-38-31-28-16-13-10-6-2)58-39-32-29-17-14-11-7-3/h10-11,13-14,18-19,21-22,45-48,51H,5-9,12,15-17,20,23-44H2,1-4H3/b13-10-,14-11-,19-18-,22-21-/t45?,46-,47+,48-. The molecular formula is C52H89NO9. The first-order chi connectivity index (χ1) is 30.4. The van der Waals surface area contributed by atoms with Crippen LogP contribution in [-0.2, 0) is 38.0 Å². The molecule has 2 aliphatic heterocycles. The van der Waals surface area contributed by atoms with Crippen molar-refractivity contribution in [2.24, 2.45) is 5.92 Å². The molecule has 2 fully saturated rings. The minimum Gasteiger partial charge on any atom is -0.465 e. The highest BCUT2D eigenvalue weighted by Crippen LogP contribution is 2.36. The summed E-state index contributed by atoms with van der Waals surface area (Å²) in [5.41, 5.74) is 0. The van der Waals surface area contributed by atoms with Gasteiger partial charge in [-0.2, -0.15) is 0 Å². The molecule has 0 amide bonds. The van der Waals surface area contributed by atoms with Crippen molar-refractivity contribution in [3.8, 4) is 0 Å². The Balaban J connectivity index is 1.80. The van der Waals surface area contributed by atoms with E-state index in [-0.39, 0.29) is 38.3 Å². The van der Waals surface area contributed by atoms with Gasteiger partial charge in [0.05, 0.1) is 12.3 Å². The largest absolute Gasteiger partial charge is 0.508 e. The van der Waals surface area contributed by atoms with Crippen LogP contribution in [0.5, 0.6) is 0 Å². The van der Waals surface area contributed by atoms with Crippen LogP contribution in [0.2, 0.25) is 0 Å². The lowest BCUT2D eigenvalue weighted by molar-refractivity contribution is -0.161. The average Bonchev–Trinajstić information content (AvgIpc) is 3.53. The second-order valence-corrected chi connectivity index (χ2v) is 17.2. The van der Waals surface area contributed by atoms with Crippen LogP contribution < -0.4 is 0 Å². The summed E-state index contributed by atoms with van der Waals surface area (Å²) in [6.45, 7) is 10.7. The second kappa shape index (κ2) is 38.5. The molecule has 0 aliphatic carbocycles. The predicted octanol–water partition coefficient (Wildman–Crippen LogP) is 13.1. The lowest BCUT2D eigenvalue weighted by atomic mass is 10.00. The maximum atomic E-state index is 13.0. The molecule has 0 N–H and O–H groups in total. The van der Waals surface area contributed by atoms with Gasteiger partial charge >= 0.3 is 18.1 Å². The zero-order chi connectivity index (χ0) is 44.7. The van der Waals surface area contributed by atoms with Crippen LogP contribution in [-0.4, -0.2) is 87.1 Å². The zero-order valence-electron chi connectivity index (χ0n) is 39.8. The fraction of sp³-hybridized carbons (Fsp3) is 0.788. The normalized spacial score (nSPS) is 18.5. The summed E-state index contributed by atoms with van der Waals surface area (Å²) in [5, 5.41) is 0. The zero-order valence-corrected chi connectivity index (χ0v) is 39.8. The molecule has 2 rings (SSSR count). The third-order valence-corrected chi connectivity index (χ3v) is 11.7. The van der Waals surface area contributed by atoms with Crippen LogP contribution in [0.4, 0.5) is 4.79 Å². The van der Waals surface area contributed by atoms with E-state index in [0.717, 1.165) is 129 Å². The number of ether oxygens (including phenoxy) is 6.